The van der Waals surface area contributed by atoms with Crippen molar-refractivity contribution in [3.63, 3.8) is 0 Å². The van der Waals surface area contributed by atoms with E-state index in [1.807, 2.05) is 13.8 Å². The molecule has 1 rings (SSSR count). The van der Waals surface area contributed by atoms with Crippen LogP contribution in [0.2, 0.25) is 0 Å². The van der Waals surface area contributed by atoms with Gasteiger partial charge in [-0.25, -0.2) is 0 Å². The van der Waals surface area contributed by atoms with E-state index in [4.69, 9.17) is 9.47 Å². The summed E-state index contributed by atoms with van der Waals surface area (Å²) >= 11 is 0. The molecule has 0 N–H and O–H groups in total. The third-order valence-electron chi connectivity index (χ3n) is 2.38. The Bertz CT molecular complexity index is 150. The minimum absolute atomic E-state index is 0.0538. The van der Waals surface area contributed by atoms with Crippen molar-refractivity contribution in [1.29, 1.82) is 0 Å². The lowest BCUT2D eigenvalue weighted by atomic mass is 9.91. The monoisotopic (exact) mass is 158 g/mol. The summed E-state index contributed by atoms with van der Waals surface area (Å²) < 4.78 is 11.2. The first kappa shape index (κ1) is 9.01. The summed E-state index contributed by atoms with van der Waals surface area (Å²) in [4.78, 5) is 0. The number of hydrogen-bond acceptors (Lipinski definition) is 2. The molecule has 2 heteroatoms. The van der Waals surface area contributed by atoms with Crippen LogP contribution in [-0.2, 0) is 9.47 Å². The van der Waals surface area contributed by atoms with Crippen molar-refractivity contribution in [2.45, 2.75) is 46.0 Å². The topological polar surface area (TPSA) is 18.5 Å². The molecule has 0 saturated carbocycles. The van der Waals surface area contributed by atoms with Gasteiger partial charge < -0.3 is 9.47 Å². The van der Waals surface area contributed by atoms with E-state index >= 15 is 0 Å². The van der Waals surface area contributed by atoms with Crippen LogP contribution in [0.4, 0.5) is 0 Å². The fraction of sp³-hybridized carbons (Fsp3) is 1.00. The second kappa shape index (κ2) is 2.46. The molecule has 1 aliphatic heterocycles. The highest BCUT2D eigenvalue weighted by Gasteiger charge is 2.39. The van der Waals surface area contributed by atoms with Crippen LogP contribution in [0.15, 0.2) is 0 Å². The van der Waals surface area contributed by atoms with Crippen LogP contribution in [-0.4, -0.2) is 18.0 Å². The van der Waals surface area contributed by atoms with Crippen molar-refractivity contribution in [2.24, 2.45) is 5.92 Å². The molecule has 0 amide bonds. The summed E-state index contributed by atoms with van der Waals surface area (Å²) in [5.74, 6) is 0.0613. The molecule has 11 heavy (non-hydrogen) atoms. The van der Waals surface area contributed by atoms with Crippen molar-refractivity contribution >= 4 is 0 Å². The summed E-state index contributed by atoms with van der Waals surface area (Å²) in [6, 6.07) is 0. The average Bonchev–Trinajstić information content (AvgIpc) is 1.77. The van der Waals surface area contributed by atoms with E-state index in [0.29, 0.717) is 5.92 Å². The predicted molar refractivity (Wildman–Crippen MR) is 44.4 cm³/mol. The highest BCUT2D eigenvalue weighted by molar-refractivity contribution is 4.82. The first-order valence-corrected chi connectivity index (χ1v) is 4.18. The molecule has 0 aromatic carbocycles. The largest absolute Gasteiger partial charge is 0.350 e. The van der Waals surface area contributed by atoms with Gasteiger partial charge in [-0.15, -0.1) is 0 Å². The third kappa shape index (κ3) is 1.94. The van der Waals surface area contributed by atoms with Gasteiger partial charge in [-0.05, 0) is 27.7 Å². The first-order chi connectivity index (χ1) is 4.83. The third-order valence-corrected chi connectivity index (χ3v) is 2.38. The van der Waals surface area contributed by atoms with Crippen molar-refractivity contribution in [3.8, 4) is 0 Å². The number of hydrogen-bond donors (Lipinski definition) is 0. The molecule has 0 aliphatic carbocycles. The second-order valence-electron chi connectivity index (χ2n) is 4.32. The van der Waals surface area contributed by atoms with Gasteiger partial charge in [0.1, 0.15) is 0 Å². The van der Waals surface area contributed by atoms with E-state index < -0.39 is 5.79 Å². The standard InChI is InChI=1S/C9H18O2/c1-7-6-10-9(4,5)11-8(7,2)3/h7H,6H2,1-5H3. The van der Waals surface area contributed by atoms with E-state index in [1.54, 1.807) is 0 Å². The molecule has 0 aromatic heterocycles. The summed E-state index contributed by atoms with van der Waals surface area (Å²) in [7, 11) is 0. The highest BCUT2D eigenvalue weighted by atomic mass is 16.7. The Morgan fingerprint density at radius 2 is 1.73 bits per heavy atom. The van der Waals surface area contributed by atoms with Crippen molar-refractivity contribution < 1.29 is 9.47 Å². The Kier molecular flexibility index (Phi) is 2.01. The Morgan fingerprint density at radius 3 is 2.09 bits per heavy atom. The lowest BCUT2D eigenvalue weighted by Crippen LogP contribution is -2.50. The summed E-state index contributed by atoms with van der Waals surface area (Å²) in [6.45, 7) is 11.1. The van der Waals surface area contributed by atoms with Crippen LogP contribution >= 0.6 is 0 Å². The zero-order valence-electron chi connectivity index (χ0n) is 8.10. The zero-order chi connectivity index (χ0) is 8.70. The van der Waals surface area contributed by atoms with Gasteiger partial charge in [-0.1, -0.05) is 6.92 Å². The van der Waals surface area contributed by atoms with Crippen molar-refractivity contribution in [2.75, 3.05) is 6.61 Å². The van der Waals surface area contributed by atoms with Gasteiger partial charge in [-0.3, -0.25) is 0 Å². The van der Waals surface area contributed by atoms with E-state index in [9.17, 15) is 0 Å². The fourth-order valence-electron chi connectivity index (χ4n) is 1.29. The van der Waals surface area contributed by atoms with Crippen LogP contribution in [0.5, 0.6) is 0 Å². The highest BCUT2D eigenvalue weighted by Crippen LogP contribution is 2.33. The average molecular weight is 158 g/mol. The fourth-order valence-corrected chi connectivity index (χ4v) is 1.29. The molecular weight excluding hydrogens is 140 g/mol. The van der Waals surface area contributed by atoms with Gasteiger partial charge in [0.05, 0.1) is 12.2 Å². The second-order valence-corrected chi connectivity index (χ2v) is 4.32. The van der Waals surface area contributed by atoms with Gasteiger partial charge in [0.15, 0.2) is 5.79 Å². The Hall–Kier alpha value is -0.0800. The molecule has 1 atom stereocenters. The van der Waals surface area contributed by atoms with E-state index in [0.717, 1.165) is 6.61 Å². The predicted octanol–water partition coefficient (Wildman–Crippen LogP) is 2.18. The summed E-state index contributed by atoms with van der Waals surface area (Å²) in [5.41, 5.74) is -0.0538. The molecule has 1 fully saturated rings. The quantitative estimate of drug-likeness (QED) is 0.538. The van der Waals surface area contributed by atoms with Gasteiger partial charge >= 0.3 is 0 Å². The van der Waals surface area contributed by atoms with Gasteiger partial charge in [0.2, 0.25) is 0 Å². The van der Waals surface area contributed by atoms with Crippen LogP contribution in [0.3, 0.4) is 0 Å². The molecular formula is C9H18O2. The van der Waals surface area contributed by atoms with Gasteiger partial charge in [-0.2, -0.15) is 0 Å². The maximum absolute atomic E-state index is 5.75. The smallest absolute Gasteiger partial charge is 0.163 e. The number of ether oxygens (including phenoxy) is 2. The minimum atomic E-state index is -0.407. The van der Waals surface area contributed by atoms with Gasteiger partial charge in [0, 0.05) is 5.92 Å². The Morgan fingerprint density at radius 1 is 1.18 bits per heavy atom. The van der Waals surface area contributed by atoms with Gasteiger partial charge in [0.25, 0.3) is 0 Å². The molecule has 66 valence electrons. The Labute approximate surface area is 68.9 Å². The van der Waals surface area contributed by atoms with Crippen LogP contribution in [0, 0.1) is 5.92 Å². The molecule has 2 nitrogen and oxygen atoms in total. The van der Waals surface area contributed by atoms with E-state index in [1.165, 1.54) is 0 Å². The van der Waals surface area contributed by atoms with Crippen LogP contribution < -0.4 is 0 Å². The molecule has 1 saturated heterocycles. The normalized spacial score (nSPS) is 35.2. The van der Waals surface area contributed by atoms with Crippen LogP contribution in [0.25, 0.3) is 0 Å². The summed E-state index contributed by atoms with van der Waals surface area (Å²) in [6.07, 6.45) is 0. The molecule has 1 unspecified atom stereocenters. The maximum atomic E-state index is 5.75. The van der Waals surface area contributed by atoms with Crippen molar-refractivity contribution in [1.82, 2.24) is 0 Å². The summed E-state index contributed by atoms with van der Waals surface area (Å²) in [5, 5.41) is 0. The minimum Gasteiger partial charge on any atom is -0.350 e. The van der Waals surface area contributed by atoms with E-state index in [2.05, 4.69) is 20.8 Å². The molecule has 0 spiro atoms. The SMILES string of the molecule is CC1COC(C)(C)OC1(C)C. The zero-order valence-corrected chi connectivity index (χ0v) is 8.10. The molecule has 0 aromatic rings. The van der Waals surface area contributed by atoms with E-state index in [-0.39, 0.29) is 5.60 Å². The van der Waals surface area contributed by atoms with Crippen LogP contribution in [0.1, 0.15) is 34.6 Å². The maximum Gasteiger partial charge on any atom is 0.163 e. The molecule has 1 aliphatic rings. The van der Waals surface area contributed by atoms with Crippen molar-refractivity contribution in [3.05, 3.63) is 0 Å². The first-order valence-electron chi connectivity index (χ1n) is 4.18. The lowest BCUT2D eigenvalue weighted by molar-refractivity contribution is -0.319. The lowest BCUT2D eigenvalue weighted by Gasteiger charge is -2.45. The molecule has 0 bridgehead atoms. The number of rotatable bonds is 0. The Balaban J connectivity index is 2.67. The molecule has 0 radical (unpaired) electrons. The molecule has 1 heterocycles.